The molecule has 0 aliphatic heterocycles. The molecule has 0 spiro atoms. The first-order chi connectivity index (χ1) is 7.27. The molecule has 0 radical (unpaired) electrons. The number of aliphatic hydroxyl groups is 1. The fourth-order valence-electron chi connectivity index (χ4n) is 1.37. The van der Waals surface area contributed by atoms with Crippen LogP contribution in [0, 0.1) is 5.92 Å². The number of carbonyl (C=O) groups excluding carboxylic acids is 1. The van der Waals surface area contributed by atoms with Gasteiger partial charge in [0, 0.05) is 13.2 Å². The fraction of sp³-hybridized carbons (Fsp3) is 0.545. The maximum atomic E-state index is 11.5. The van der Waals surface area contributed by atoms with E-state index in [1.807, 2.05) is 6.92 Å². The molecule has 0 fully saturated rings. The summed E-state index contributed by atoms with van der Waals surface area (Å²) in [4.78, 5) is 11.5. The van der Waals surface area contributed by atoms with Crippen molar-refractivity contribution in [2.75, 3.05) is 13.2 Å². The predicted octanol–water partition coefficient (Wildman–Crippen LogP) is 1.42. The molecule has 0 aromatic carbocycles. The van der Waals surface area contributed by atoms with Crippen LogP contribution in [0.25, 0.3) is 0 Å². The molecule has 1 aromatic heterocycles. The molecular weight excluding hydrogens is 194 g/mol. The molecule has 0 bridgehead atoms. The molecule has 1 atom stereocenters. The maximum absolute atomic E-state index is 11.5. The third-order valence-electron chi connectivity index (χ3n) is 2.45. The molecule has 0 saturated carbocycles. The lowest BCUT2D eigenvalue weighted by Gasteiger charge is -2.13. The van der Waals surface area contributed by atoms with Crippen LogP contribution >= 0.6 is 0 Å². The van der Waals surface area contributed by atoms with Crippen molar-refractivity contribution in [2.45, 2.75) is 19.8 Å². The minimum atomic E-state index is -0.125. The smallest absolute Gasteiger partial charge is 0.254 e. The summed E-state index contributed by atoms with van der Waals surface area (Å²) in [6.07, 6.45) is 4.57. The highest BCUT2D eigenvalue weighted by Gasteiger charge is 2.10. The zero-order valence-corrected chi connectivity index (χ0v) is 8.90. The molecule has 1 aromatic rings. The summed E-state index contributed by atoms with van der Waals surface area (Å²) < 4.78 is 4.82. The largest absolute Gasteiger partial charge is 0.472 e. The standard InChI is InChI=1S/C11H17NO3/c1-2-9(3-5-13)7-12-11(14)10-4-6-15-8-10/h4,6,8-9,13H,2-3,5,7H2,1H3,(H,12,14). The van der Waals surface area contributed by atoms with Gasteiger partial charge in [0.2, 0.25) is 0 Å². The van der Waals surface area contributed by atoms with E-state index in [2.05, 4.69) is 5.32 Å². The van der Waals surface area contributed by atoms with E-state index in [1.165, 1.54) is 12.5 Å². The van der Waals surface area contributed by atoms with Crippen molar-refractivity contribution >= 4 is 5.91 Å². The Morgan fingerprint density at radius 1 is 1.67 bits per heavy atom. The first kappa shape index (κ1) is 11.8. The first-order valence-electron chi connectivity index (χ1n) is 5.19. The minimum absolute atomic E-state index is 0.125. The zero-order chi connectivity index (χ0) is 11.1. The van der Waals surface area contributed by atoms with Gasteiger partial charge in [-0.15, -0.1) is 0 Å². The van der Waals surface area contributed by atoms with Gasteiger partial charge in [0.15, 0.2) is 0 Å². The van der Waals surface area contributed by atoms with Crippen molar-refractivity contribution in [3.8, 4) is 0 Å². The van der Waals surface area contributed by atoms with Crippen LogP contribution in [0.15, 0.2) is 23.0 Å². The summed E-state index contributed by atoms with van der Waals surface area (Å²) in [5.74, 6) is 0.214. The second kappa shape index (κ2) is 6.24. The third kappa shape index (κ3) is 3.75. The molecule has 0 aliphatic carbocycles. The summed E-state index contributed by atoms with van der Waals surface area (Å²) in [6, 6.07) is 1.63. The highest BCUT2D eigenvalue weighted by atomic mass is 16.3. The monoisotopic (exact) mass is 211 g/mol. The predicted molar refractivity (Wildman–Crippen MR) is 56.5 cm³/mol. The molecule has 0 aliphatic rings. The topological polar surface area (TPSA) is 62.5 Å². The van der Waals surface area contributed by atoms with Gasteiger partial charge in [-0.3, -0.25) is 4.79 Å². The minimum Gasteiger partial charge on any atom is -0.472 e. The van der Waals surface area contributed by atoms with Crippen LogP contribution < -0.4 is 5.32 Å². The molecule has 15 heavy (non-hydrogen) atoms. The molecule has 1 amide bonds. The van der Waals surface area contributed by atoms with Gasteiger partial charge in [-0.1, -0.05) is 13.3 Å². The molecular formula is C11H17NO3. The summed E-state index contributed by atoms with van der Waals surface area (Å²) in [5, 5.41) is 11.6. The summed E-state index contributed by atoms with van der Waals surface area (Å²) in [7, 11) is 0. The fourth-order valence-corrected chi connectivity index (χ4v) is 1.37. The Balaban J connectivity index is 2.33. The average molecular weight is 211 g/mol. The number of nitrogens with one attached hydrogen (secondary N) is 1. The van der Waals surface area contributed by atoms with Gasteiger partial charge in [0.1, 0.15) is 6.26 Å². The average Bonchev–Trinajstić information content (AvgIpc) is 2.77. The number of rotatable bonds is 6. The second-order valence-electron chi connectivity index (χ2n) is 3.51. The van der Waals surface area contributed by atoms with Gasteiger partial charge in [0.25, 0.3) is 5.91 Å². The Bertz CT molecular complexity index is 282. The Labute approximate surface area is 89.3 Å². The molecule has 84 valence electrons. The zero-order valence-electron chi connectivity index (χ0n) is 8.90. The number of amides is 1. The molecule has 1 heterocycles. The first-order valence-corrected chi connectivity index (χ1v) is 5.19. The van der Waals surface area contributed by atoms with Crippen LogP contribution in [0.1, 0.15) is 30.1 Å². The van der Waals surface area contributed by atoms with E-state index in [9.17, 15) is 4.79 Å². The lowest BCUT2D eigenvalue weighted by molar-refractivity contribution is 0.0943. The number of hydrogen-bond donors (Lipinski definition) is 2. The SMILES string of the molecule is CCC(CCO)CNC(=O)c1ccoc1. The normalized spacial score (nSPS) is 12.4. The summed E-state index contributed by atoms with van der Waals surface area (Å²) in [5.41, 5.74) is 0.536. The van der Waals surface area contributed by atoms with Gasteiger partial charge in [-0.05, 0) is 18.4 Å². The second-order valence-corrected chi connectivity index (χ2v) is 3.51. The Kier molecular flexibility index (Phi) is 4.90. The van der Waals surface area contributed by atoms with Crippen molar-refractivity contribution in [1.29, 1.82) is 0 Å². The van der Waals surface area contributed by atoms with Crippen molar-refractivity contribution < 1.29 is 14.3 Å². The van der Waals surface area contributed by atoms with Crippen LogP contribution in [0.4, 0.5) is 0 Å². The number of hydrogen-bond acceptors (Lipinski definition) is 3. The lowest BCUT2D eigenvalue weighted by Crippen LogP contribution is -2.29. The summed E-state index contributed by atoms with van der Waals surface area (Å²) in [6.45, 7) is 2.81. The van der Waals surface area contributed by atoms with Crippen LogP contribution in [-0.4, -0.2) is 24.2 Å². The van der Waals surface area contributed by atoms with E-state index in [4.69, 9.17) is 9.52 Å². The van der Waals surface area contributed by atoms with E-state index in [1.54, 1.807) is 6.07 Å². The highest BCUT2D eigenvalue weighted by molar-refractivity contribution is 5.93. The van der Waals surface area contributed by atoms with Gasteiger partial charge < -0.3 is 14.8 Å². The number of furan rings is 1. The molecule has 0 saturated heterocycles. The molecule has 4 heteroatoms. The van der Waals surface area contributed by atoms with Gasteiger partial charge >= 0.3 is 0 Å². The van der Waals surface area contributed by atoms with E-state index in [0.29, 0.717) is 18.0 Å². The van der Waals surface area contributed by atoms with Gasteiger partial charge in [-0.25, -0.2) is 0 Å². The van der Waals surface area contributed by atoms with Crippen LogP contribution in [0.5, 0.6) is 0 Å². The van der Waals surface area contributed by atoms with Crippen LogP contribution in [0.2, 0.25) is 0 Å². The molecule has 1 unspecified atom stereocenters. The van der Waals surface area contributed by atoms with Crippen molar-refractivity contribution in [2.24, 2.45) is 5.92 Å². The van der Waals surface area contributed by atoms with Crippen molar-refractivity contribution in [3.63, 3.8) is 0 Å². The molecule has 2 N–H and O–H groups in total. The van der Waals surface area contributed by atoms with E-state index < -0.39 is 0 Å². The maximum Gasteiger partial charge on any atom is 0.254 e. The van der Waals surface area contributed by atoms with E-state index in [0.717, 1.165) is 12.8 Å². The van der Waals surface area contributed by atoms with Crippen LogP contribution in [-0.2, 0) is 0 Å². The van der Waals surface area contributed by atoms with E-state index in [-0.39, 0.29) is 12.5 Å². The van der Waals surface area contributed by atoms with Crippen LogP contribution in [0.3, 0.4) is 0 Å². The van der Waals surface area contributed by atoms with Gasteiger partial charge in [-0.2, -0.15) is 0 Å². The Morgan fingerprint density at radius 3 is 3.00 bits per heavy atom. The Hall–Kier alpha value is -1.29. The quantitative estimate of drug-likeness (QED) is 0.748. The Morgan fingerprint density at radius 2 is 2.47 bits per heavy atom. The number of carbonyl (C=O) groups is 1. The van der Waals surface area contributed by atoms with Crippen molar-refractivity contribution in [1.82, 2.24) is 5.32 Å². The van der Waals surface area contributed by atoms with E-state index >= 15 is 0 Å². The molecule has 1 rings (SSSR count). The highest BCUT2D eigenvalue weighted by Crippen LogP contribution is 2.06. The third-order valence-corrected chi connectivity index (χ3v) is 2.45. The van der Waals surface area contributed by atoms with Gasteiger partial charge in [0.05, 0.1) is 11.8 Å². The lowest BCUT2D eigenvalue weighted by atomic mass is 10.0. The van der Waals surface area contributed by atoms with Crippen molar-refractivity contribution in [3.05, 3.63) is 24.2 Å². The number of aliphatic hydroxyl groups excluding tert-OH is 1. The summed E-state index contributed by atoms with van der Waals surface area (Å²) >= 11 is 0. The molecule has 4 nitrogen and oxygen atoms in total.